The van der Waals surface area contributed by atoms with Crippen molar-refractivity contribution in [3.63, 3.8) is 0 Å². The Hall–Kier alpha value is -0.0400. The van der Waals surface area contributed by atoms with Gasteiger partial charge in [0.1, 0.15) is 0 Å². The highest BCUT2D eigenvalue weighted by atomic mass is 14.9. The predicted molar refractivity (Wildman–Crippen MR) is 72.7 cm³/mol. The second kappa shape index (κ2) is 6.05. The van der Waals surface area contributed by atoms with Gasteiger partial charge in [-0.1, -0.05) is 47.0 Å². The van der Waals surface area contributed by atoms with E-state index < -0.39 is 0 Å². The summed E-state index contributed by atoms with van der Waals surface area (Å²) in [5.74, 6) is 1.80. The molecule has 1 fully saturated rings. The fourth-order valence-corrected chi connectivity index (χ4v) is 3.56. The van der Waals surface area contributed by atoms with Crippen LogP contribution >= 0.6 is 0 Å². The summed E-state index contributed by atoms with van der Waals surface area (Å²) in [6, 6.07) is 0.738. The summed E-state index contributed by atoms with van der Waals surface area (Å²) in [6.45, 7) is 9.59. The van der Waals surface area contributed by atoms with Crippen LogP contribution in [0.1, 0.15) is 66.2 Å². The number of hydrogen-bond acceptors (Lipinski definition) is 1. The van der Waals surface area contributed by atoms with E-state index in [9.17, 15) is 0 Å². The first-order valence-electron chi connectivity index (χ1n) is 7.22. The van der Waals surface area contributed by atoms with Gasteiger partial charge in [-0.25, -0.2) is 0 Å². The van der Waals surface area contributed by atoms with Crippen molar-refractivity contribution in [2.75, 3.05) is 7.05 Å². The van der Waals surface area contributed by atoms with Crippen LogP contribution < -0.4 is 5.32 Å². The minimum Gasteiger partial charge on any atom is -0.317 e. The highest BCUT2D eigenvalue weighted by molar-refractivity contribution is 4.92. The van der Waals surface area contributed by atoms with E-state index in [1.807, 2.05) is 0 Å². The molecule has 16 heavy (non-hydrogen) atoms. The number of rotatable bonds is 6. The highest BCUT2D eigenvalue weighted by Crippen LogP contribution is 2.45. The maximum Gasteiger partial charge on any atom is 0.0100 e. The maximum atomic E-state index is 3.60. The van der Waals surface area contributed by atoms with E-state index in [0.29, 0.717) is 5.41 Å². The van der Waals surface area contributed by atoms with Crippen molar-refractivity contribution < 1.29 is 0 Å². The van der Waals surface area contributed by atoms with Crippen molar-refractivity contribution in [3.8, 4) is 0 Å². The molecule has 2 atom stereocenters. The Bertz CT molecular complexity index is 194. The normalized spacial score (nSPS) is 26.2. The monoisotopic (exact) mass is 225 g/mol. The van der Waals surface area contributed by atoms with Gasteiger partial charge in [-0.2, -0.15) is 0 Å². The fraction of sp³-hybridized carbons (Fsp3) is 1.00. The zero-order chi connectivity index (χ0) is 12.2. The van der Waals surface area contributed by atoms with Crippen molar-refractivity contribution in [1.29, 1.82) is 0 Å². The maximum absolute atomic E-state index is 3.60. The van der Waals surface area contributed by atoms with Crippen LogP contribution in [0.3, 0.4) is 0 Å². The van der Waals surface area contributed by atoms with Gasteiger partial charge in [-0.05, 0) is 43.6 Å². The van der Waals surface area contributed by atoms with E-state index in [1.54, 1.807) is 0 Å². The highest BCUT2D eigenvalue weighted by Gasteiger charge is 2.39. The van der Waals surface area contributed by atoms with Crippen LogP contribution in [0.15, 0.2) is 0 Å². The molecule has 0 bridgehead atoms. The summed E-state index contributed by atoms with van der Waals surface area (Å²) < 4.78 is 0. The van der Waals surface area contributed by atoms with Crippen LogP contribution in [0.5, 0.6) is 0 Å². The first kappa shape index (κ1) is 14.0. The van der Waals surface area contributed by atoms with Gasteiger partial charge in [0.2, 0.25) is 0 Å². The summed E-state index contributed by atoms with van der Waals surface area (Å²) in [5, 5.41) is 3.60. The van der Waals surface area contributed by atoms with E-state index in [-0.39, 0.29) is 0 Å². The van der Waals surface area contributed by atoms with Crippen molar-refractivity contribution >= 4 is 0 Å². The Morgan fingerprint density at radius 2 is 1.88 bits per heavy atom. The molecule has 1 aliphatic carbocycles. The van der Waals surface area contributed by atoms with Gasteiger partial charge in [-0.15, -0.1) is 0 Å². The average Bonchev–Trinajstić information content (AvgIpc) is 2.61. The second-order valence-electron chi connectivity index (χ2n) is 6.30. The number of hydrogen-bond donors (Lipinski definition) is 1. The molecule has 0 aromatic heterocycles. The lowest BCUT2D eigenvalue weighted by molar-refractivity contribution is 0.178. The molecule has 0 amide bonds. The minimum absolute atomic E-state index is 0.555. The second-order valence-corrected chi connectivity index (χ2v) is 6.30. The largest absolute Gasteiger partial charge is 0.317 e. The molecule has 1 saturated carbocycles. The smallest absolute Gasteiger partial charge is 0.0100 e. The third kappa shape index (κ3) is 3.23. The Balaban J connectivity index is 2.59. The topological polar surface area (TPSA) is 12.0 Å². The molecule has 0 heterocycles. The van der Waals surface area contributed by atoms with Crippen molar-refractivity contribution in [2.24, 2.45) is 17.3 Å². The molecule has 0 aliphatic heterocycles. The molecule has 0 saturated heterocycles. The molecule has 1 nitrogen and oxygen atoms in total. The van der Waals surface area contributed by atoms with Crippen LogP contribution in [0.2, 0.25) is 0 Å². The average molecular weight is 225 g/mol. The summed E-state index contributed by atoms with van der Waals surface area (Å²) in [7, 11) is 2.15. The lowest BCUT2D eigenvalue weighted by Gasteiger charge is -2.35. The molecular formula is C15H31N. The van der Waals surface area contributed by atoms with Gasteiger partial charge in [0.05, 0.1) is 0 Å². The van der Waals surface area contributed by atoms with Crippen LogP contribution in [0.25, 0.3) is 0 Å². The lowest BCUT2D eigenvalue weighted by atomic mass is 9.74. The molecule has 0 aromatic carbocycles. The molecule has 1 heteroatoms. The van der Waals surface area contributed by atoms with Crippen molar-refractivity contribution in [1.82, 2.24) is 5.32 Å². The van der Waals surface area contributed by atoms with Gasteiger partial charge in [0.15, 0.2) is 0 Å². The van der Waals surface area contributed by atoms with E-state index in [1.165, 1.54) is 38.5 Å². The summed E-state index contributed by atoms with van der Waals surface area (Å²) in [5.41, 5.74) is 0.555. The van der Waals surface area contributed by atoms with Gasteiger partial charge in [0.25, 0.3) is 0 Å². The van der Waals surface area contributed by atoms with E-state index >= 15 is 0 Å². The molecular weight excluding hydrogens is 194 g/mol. The standard InChI is InChI=1S/C15H31N/c1-6-12(7-2)11-14(16-5)13-9-8-10-15(13,3)4/h12-14,16H,6-11H2,1-5H3. The third-order valence-corrected chi connectivity index (χ3v) is 4.94. The Morgan fingerprint density at radius 1 is 1.25 bits per heavy atom. The molecule has 0 aromatic rings. The Kier molecular flexibility index (Phi) is 5.30. The van der Waals surface area contributed by atoms with Crippen LogP contribution in [0, 0.1) is 17.3 Å². The quantitative estimate of drug-likeness (QED) is 0.713. The Morgan fingerprint density at radius 3 is 2.25 bits per heavy atom. The van der Waals surface area contributed by atoms with E-state index in [0.717, 1.165) is 17.9 Å². The van der Waals surface area contributed by atoms with Crippen LogP contribution in [-0.2, 0) is 0 Å². The number of nitrogens with one attached hydrogen (secondary N) is 1. The van der Waals surface area contributed by atoms with Gasteiger partial charge >= 0.3 is 0 Å². The Labute approximate surface area is 102 Å². The molecule has 1 N–H and O–H groups in total. The van der Waals surface area contributed by atoms with Crippen molar-refractivity contribution in [2.45, 2.75) is 72.3 Å². The molecule has 0 radical (unpaired) electrons. The van der Waals surface area contributed by atoms with Gasteiger partial charge in [-0.3, -0.25) is 0 Å². The first-order chi connectivity index (χ1) is 7.55. The SMILES string of the molecule is CCC(CC)CC(NC)C1CCCC1(C)C. The minimum atomic E-state index is 0.555. The molecule has 1 rings (SSSR count). The zero-order valence-electron chi connectivity index (χ0n) is 12.0. The van der Waals surface area contributed by atoms with Gasteiger partial charge in [0, 0.05) is 6.04 Å². The van der Waals surface area contributed by atoms with E-state index in [2.05, 4.69) is 40.1 Å². The first-order valence-corrected chi connectivity index (χ1v) is 7.22. The molecule has 2 unspecified atom stereocenters. The summed E-state index contributed by atoms with van der Waals surface area (Å²) >= 11 is 0. The zero-order valence-corrected chi connectivity index (χ0v) is 12.0. The van der Waals surface area contributed by atoms with Crippen molar-refractivity contribution in [3.05, 3.63) is 0 Å². The summed E-state index contributed by atoms with van der Waals surface area (Å²) in [4.78, 5) is 0. The van der Waals surface area contributed by atoms with E-state index in [4.69, 9.17) is 0 Å². The molecule has 0 spiro atoms. The predicted octanol–water partition coefficient (Wildman–Crippen LogP) is 4.23. The molecule has 96 valence electrons. The van der Waals surface area contributed by atoms with Crippen LogP contribution in [-0.4, -0.2) is 13.1 Å². The third-order valence-electron chi connectivity index (χ3n) is 4.94. The molecule has 1 aliphatic rings. The summed E-state index contributed by atoms with van der Waals surface area (Å²) in [6.07, 6.45) is 8.32. The van der Waals surface area contributed by atoms with Crippen LogP contribution in [0.4, 0.5) is 0 Å². The lowest BCUT2D eigenvalue weighted by Crippen LogP contribution is -2.40. The van der Waals surface area contributed by atoms with Gasteiger partial charge < -0.3 is 5.32 Å². The fourth-order valence-electron chi connectivity index (χ4n) is 3.56.